The molecule has 1 heterocycles. The summed E-state index contributed by atoms with van der Waals surface area (Å²) < 4.78 is 0. The predicted molar refractivity (Wildman–Crippen MR) is 40.4 cm³/mol. The van der Waals surface area contributed by atoms with Crippen molar-refractivity contribution < 1.29 is 4.84 Å². The number of aliphatic imine (C=N–C) groups is 1. The van der Waals surface area contributed by atoms with E-state index < -0.39 is 0 Å². The minimum atomic E-state index is 0.196. The highest BCUT2D eigenvalue weighted by Gasteiger charge is 2.04. The summed E-state index contributed by atoms with van der Waals surface area (Å²) in [5.41, 5.74) is 0. The Labute approximate surface area is 60.0 Å². The van der Waals surface area contributed by atoms with Crippen molar-refractivity contribution in [3.8, 4) is 0 Å². The lowest BCUT2D eigenvalue weighted by molar-refractivity contribution is 0.214. The Balaban J connectivity index is 2.32. The summed E-state index contributed by atoms with van der Waals surface area (Å²) in [4.78, 5) is 8.62. The van der Waals surface area contributed by atoms with Gasteiger partial charge in [0.2, 0.25) is 0 Å². The minimum absolute atomic E-state index is 0.196. The molecule has 0 saturated heterocycles. The van der Waals surface area contributed by atoms with E-state index in [0.29, 0.717) is 0 Å². The van der Waals surface area contributed by atoms with Gasteiger partial charge < -0.3 is 10.2 Å². The fraction of sp³-hybridized carbons (Fsp3) is 0.667. The van der Waals surface area contributed by atoms with E-state index in [0.717, 1.165) is 13.0 Å². The maximum atomic E-state index is 4.52. The summed E-state index contributed by atoms with van der Waals surface area (Å²) in [7, 11) is 1.53. The predicted octanol–water partition coefficient (Wildman–Crippen LogP) is 0.00880. The van der Waals surface area contributed by atoms with E-state index in [-0.39, 0.29) is 6.04 Å². The normalized spacial score (nSPS) is 24.7. The van der Waals surface area contributed by atoms with Gasteiger partial charge in [-0.15, -0.1) is 0 Å². The first-order chi connectivity index (χ1) is 4.93. The molecule has 0 spiro atoms. The van der Waals surface area contributed by atoms with Crippen molar-refractivity contribution in [1.82, 2.24) is 5.32 Å². The summed E-state index contributed by atoms with van der Waals surface area (Å²) in [6.45, 7) is 0.962. The Morgan fingerprint density at radius 1 is 1.90 bits per heavy atom. The van der Waals surface area contributed by atoms with Gasteiger partial charge in [0.15, 0.2) is 0 Å². The zero-order chi connectivity index (χ0) is 7.23. The van der Waals surface area contributed by atoms with Crippen LogP contribution in [-0.4, -0.2) is 32.2 Å². The van der Waals surface area contributed by atoms with Gasteiger partial charge in [-0.2, -0.15) is 0 Å². The van der Waals surface area contributed by atoms with Crippen molar-refractivity contribution in [3.63, 3.8) is 0 Å². The van der Waals surface area contributed by atoms with Crippen LogP contribution in [0.1, 0.15) is 6.42 Å². The van der Waals surface area contributed by atoms with E-state index in [1.165, 1.54) is 7.11 Å². The average molecular weight is 141 g/mol. The van der Waals surface area contributed by atoms with Crippen LogP contribution in [0.15, 0.2) is 10.1 Å². The third-order valence-corrected chi connectivity index (χ3v) is 1.28. The Morgan fingerprint density at radius 2 is 2.80 bits per heavy atom. The van der Waals surface area contributed by atoms with Gasteiger partial charge in [0.25, 0.3) is 0 Å². The first kappa shape index (κ1) is 7.05. The highest BCUT2D eigenvalue weighted by atomic mass is 16.6. The first-order valence-electron chi connectivity index (χ1n) is 3.25. The van der Waals surface area contributed by atoms with E-state index in [1.54, 1.807) is 12.6 Å². The number of oxime groups is 1. The number of nitrogens with zero attached hydrogens (tertiary/aromatic N) is 2. The standard InChI is InChI=1S/C6H11N3O/c1-10-9-4-6-2-3-7-5-8-6/h4-6H,2-3H2,1H3,(H,7,8). The lowest BCUT2D eigenvalue weighted by Crippen LogP contribution is -2.25. The molecule has 0 amide bonds. The van der Waals surface area contributed by atoms with E-state index >= 15 is 0 Å². The molecule has 1 unspecified atom stereocenters. The van der Waals surface area contributed by atoms with E-state index in [4.69, 9.17) is 0 Å². The van der Waals surface area contributed by atoms with Gasteiger partial charge >= 0.3 is 0 Å². The molecule has 0 aromatic heterocycles. The molecular weight excluding hydrogens is 130 g/mol. The van der Waals surface area contributed by atoms with Gasteiger partial charge in [-0.3, -0.25) is 4.99 Å². The summed E-state index contributed by atoms with van der Waals surface area (Å²) in [5.74, 6) is 0. The number of rotatable bonds is 2. The van der Waals surface area contributed by atoms with Crippen LogP contribution in [0.2, 0.25) is 0 Å². The molecule has 0 fully saturated rings. The Bertz CT molecular complexity index is 144. The second-order valence-electron chi connectivity index (χ2n) is 2.03. The molecule has 0 aromatic rings. The molecule has 0 aromatic carbocycles. The zero-order valence-electron chi connectivity index (χ0n) is 5.95. The van der Waals surface area contributed by atoms with Gasteiger partial charge in [0, 0.05) is 6.54 Å². The molecule has 4 heteroatoms. The molecule has 1 aliphatic heterocycles. The fourth-order valence-corrected chi connectivity index (χ4v) is 0.763. The zero-order valence-corrected chi connectivity index (χ0v) is 5.95. The second-order valence-corrected chi connectivity index (χ2v) is 2.03. The van der Waals surface area contributed by atoms with E-state index in [1.807, 2.05) is 0 Å². The third kappa shape index (κ3) is 2.05. The molecule has 0 radical (unpaired) electrons. The fourth-order valence-electron chi connectivity index (χ4n) is 0.763. The van der Waals surface area contributed by atoms with Crippen molar-refractivity contribution >= 4 is 12.6 Å². The maximum absolute atomic E-state index is 4.52. The highest BCUT2D eigenvalue weighted by Crippen LogP contribution is 1.95. The number of hydrogen-bond acceptors (Lipinski definition) is 4. The smallest absolute Gasteiger partial charge is 0.106 e. The quantitative estimate of drug-likeness (QED) is 0.435. The molecular formula is C6H11N3O. The summed E-state index contributed by atoms with van der Waals surface area (Å²) in [6, 6.07) is 0.196. The first-order valence-corrected chi connectivity index (χ1v) is 3.25. The maximum Gasteiger partial charge on any atom is 0.106 e. The van der Waals surface area contributed by atoms with Crippen LogP contribution in [0.4, 0.5) is 0 Å². The third-order valence-electron chi connectivity index (χ3n) is 1.28. The monoisotopic (exact) mass is 141 g/mol. The molecule has 1 N–H and O–H groups in total. The largest absolute Gasteiger partial charge is 0.399 e. The Kier molecular flexibility index (Phi) is 2.73. The SMILES string of the molecule is CON=CC1CCNC=N1. The van der Waals surface area contributed by atoms with Gasteiger partial charge in [-0.25, -0.2) is 0 Å². The average Bonchev–Trinajstić information content (AvgIpc) is 2.03. The van der Waals surface area contributed by atoms with Crippen LogP contribution >= 0.6 is 0 Å². The molecule has 1 aliphatic rings. The van der Waals surface area contributed by atoms with Crippen LogP contribution in [0.3, 0.4) is 0 Å². The summed E-state index contributed by atoms with van der Waals surface area (Å²) >= 11 is 0. The number of nitrogens with one attached hydrogen (secondary N) is 1. The lowest BCUT2D eigenvalue weighted by atomic mass is 10.2. The Hall–Kier alpha value is -1.06. The highest BCUT2D eigenvalue weighted by molar-refractivity contribution is 5.69. The second kappa shape index (κ2) is 3.87. The van der Waals surface area contributed by atoms with Crippen LogP contribution < -0.4 is 5.32 Å². The number of hydrogen-bond donors (Lipinski definition) is 1. The van der Waals surface area contributed by atoms with Crippen molar-refractivity contribution in [2.24, 2.45) is 10.1 Å². The molecule has 0 saturated carbocycles. The van der Waals surface area contributed by atoms with Gasteiger partial charge in [-0.05, 0) is 6.42 Å². The van der Waals surface area contributed by atoms with Gasteiger partial charge in [0.05, 0.1) is 18.6 Å². The van der Waals surface area contributed by atoms with Crippen LogP contribution in [0.25, 0.3) is 0 Å². The summed E-state index contributed by atoms with van der Waals surface area (Å²) in [6.07, 6.45) is 4.40. The van der Waals surface area contributed by atoms with E-state index in [2.05, 4.69) is 20.3 Å². The van der Waals surface area contributed by atoms with Crippen molar-refractivity contribution in [1.29, 1.82) is 0 Å². The van der Waals surface area contributed by atoms with Crippen molar-refractivity contribution in [2.45, 2.75) is 12.5 Å². The molecule has 56 valence electrons. The topological polar surface area (TPSA) is 46.0 Å². The lowest BCUT2D eigenvalue weighted by Gasteiger charge is -2.11. The van der Waals surface area contributed by atoms with Crippen LogP contribution in [-0.2, 0) is 4.84 Å². The van der Waals surface area contributed by atoms with Crippen LogP contribution in [0, 0.1) is 0 Å². The van der Waals surface area contributed by atoms with Crippen molar-refractivity contribution in [3.05, 3.63) is 0 Å². The molecule has 0 aliphatic carbocycles. The van der Waals surface area contributed by atoms with Gasteiger partial charge in [-0.1, -0.05) is 5.16 Å². The molecule has 1 rings (SSSR count). The van der Waals surface area contributed by atoms with E-state index in [9.17, 15) is 0 Å². The Morgan fingerprint density at radius 3 is 3.40 bits per heavy atom. The van der Waals surface area contributed by atoms with Crippen LogP contribution in [0.5, 0.6) is 0 Å². The minimum Gasteiger partial charge on any atom is -0.399 e. The van der Waals surface area contributed by atoms with Crippen molar-refractivity contribution in [2.75, 3.05) is 13.7 Å². The summed E-state index contributed by atoms with van der Waals surface area (Å²) in [5, 5.41) is 6.63. The van der Waals surface area contributed by atoms with Gasteiger partial charge in [0.1, 0.15) is 7.11 Å². The molecule has 1 atom stereocenters. The molecule has 0 bridgehead atoms. The molecule has 10 heavy (non-hydrogen) atoms. The molecule has 4 nitrogen and oxygen atoms in total.